The zero-order valence-corrected chi connectivity index (χ0v) is 64.6. The average Bonchev–Trinajstić information content (AvgIpc) is 1.68. The quantitative estimate of drug-likeness (QED) is 0.0353. The van der Waals surface area contributed by atoms with Crippen LogP contribution < -0.4 is 10.1 Å². The topological polar surface area (TPSA) is 143 Å². The summed E-state index contributed by atoms with van der Waals surface area (Å²) in [5.41, 5.74) is 5.40. The average molecular weight is 1600 g/mol. The fourth-order valence-electron chi connectivity index (χ4n) is 19.0. The second-order valence-corrected chi connectivity index (χ2v) is 35.2. The molecule has 24 heteroatoms. The van der Waals surface area contributed by atoms with E-state index in [9.17, 15) is 72.4 Å². The molecule has 4 N–H and O–H groups in total. The Morgan fingerprint density at radius 2 is 0.970 bits per heavy atom. The number of aromatic hydroxyl groups is 1. The highest BCUT2D eigenvalue weighted by Crippen LogP contribution is 2.65. The number of phenols is 1. The second kappa shape index (κ2) is 39.7. The molecule has 4 saturated carbocycles. The van der Waals surface area contributed by atoms with Gasteiger partial charge in [-0.25, -0.2) is 4.79 Å². The third-order valence-corrected chi connectivity index (χ3v) is 27.8. The van der Waals surface area contributed by atoms with Crippen molar-refractivity contribution in [1.29, 1.82) is 0 Å². The van der Waals surface area contributed by atoms with E-state index in [0.717, 1.165) is 180 Å². The predicted octanol–water partition coefficient (Wildman–Crippen LogP) is 18.3. The molecule has 2 aromatic carbocycles. The molecular formula is C77H121F10IN4O7S2. The third kappa shape index (κ3) is 23.8. The van der Waals surface area contributed by atoms with Gasteiger partial charge in [0, 0.05) is 90.2 Å². The molecule has 11 nitrogen and oxygen atoms in total. The number of benzene rings is 2. The Kier molecular flexibility index (Phi) is 33.7. The number of amides is 1. The number of carbonyl (C=O) groups is 1. The maximum absolute atomic E-state index is 13.1. The van der Waals surface area contributed by atoms with Crippen LogP contribution in [-0.4, -0.2) is 170 Å². The minimum Gasteiger partial charge on any atom is -0.508 e. The number of nitrogens with one attached hydrogen (secondary N) is 1. The molecule has 2 aliphatic heterocycles. The van der Waals surface area contributed by atoms with Crippen LogP contribution in [0.5, 0.6) is 11.5 Å². The molecule has 14 atom stereocenters. The molecule has 2 saturated heterocycles. The van der Waals surface area contributed by atoms with Crippen molar-refractivity contribution in [2.75, 3.05) is 89.5 Å². The number of aliphatic hydroxyl groups excluding tert-OH is 2. The number of hydrogen-bond acceptors (Lipinski definition) is 10. The number of aliphatic hydroxyl groups is 2. The molecule has 2 aromatic rings. The van der Waals surface area contributed by atoms with Crippen molar-refractivity contribution in [2.45, 2.75) is 268 Å². The van der Waals surface area contributed by atoms with E-state index in [0.29, 0.717) is 96.3 Å². The largest absolute Gasteiger partial charge is 0.508 e. The van der Waals surface area contributed by atoms with Gasteiger partial charge in [-0.2, -0.15) is 43.9 Å². The summed E-state index contributed by atoms with van der Waals surface area (Å²) in [5, 5.41) is 35.4. The number of hydrogen-bond donors (Lipinski definition) is 4. The van der Waals surface area contributed by atoms with Gasteiger partial charge in [-0.05, 0) is 254 Å². The van der Waals surface area contributed by atoms with E-state index in [1.165, 1.54) is 48.3 Å². The van der Waals surface area contributed by atoms with Gasteiger partial charge < -0.3 is 40.1 Å². The van der Waals surface area contributed by atoms with E-state index in [1.54, 1.807) is 0 Å². The molecule has 8 aliphatic rings. The van der Waals surface area contributed by atoms with Crippen LogP contribution in [0.25, 0.3) is 0 Å². The van der Waals surface area contributed by atoms with Crippen molar-refractivity contribution in [2.24, 2.45) is 46.3 Å². The fraction of sp³-hybridized carbons (Fsp3) is 0.831. The predicted molar refractivity (Wildman–Crippen MR) is 394 cm³/mol. The number of halogens is 11. The van der Waals surface area contributed by atoms with E-state index in [-0.39, 0.29) is 64.6 Å². The molecule has 2 unspecified atom stereocenters. The molecule has 6 fully saturated rings. The van der Waals surface area contributed by atoms with Gasteiger partial charge in [0.2, 0.25) is 0 Å². The minimum atomic E-state index is -5.55. The first-order chi connectivity index (χ1) is 47.4. The van der Waals surface area contributed by atoms with Crippen molar-refractivity contribution in [3.63, 3.8) is 0 Å². The number of fused-ring (bicyclic) bond motifs is 10. The number of unbranched alkanes of at least 4 members (excludes halogenated alkanes) is 12. The van der Waals surface area contributed by atoms with Crippen LogP contribution in [0, 0.1) is 46.3 Å². The first-order valence-corrected chi connectivity index (χ1v) is 41.3. The van der Waals surface area contributed by atoms with Crippen molar-refractivity contribution in [3.05, 3.63) is 58.7 Å². The Hall–Kier alpha value is -2.36. The number of nitrogens with zero attached hydrogens (tertiary/aromatic N) is 3. The van der Waals surface area contributed by atoms with Crippen LogP contribution >= 0.6 is 24.0 Å². The normalized spacial score (nSPS) is 29.1. The summed E-state index contributed by atoms with van der Waals surface area (Å²) in [4.78, 5) is 19.5. The summed E-state index contributed by atoms with van der Waals surface area (Å²) < 4.78 is 156. The summed E-state index contributed by atoms with van der Waals surface area (Å²) in [7, 11) is 1.52. The smallest absolute Gasteiger partial charge is 0.453 e. The van der Waals surface area contributed by atoms with E-state index >= 15 is 0 Å². The van der Waals surface area contributed by atoms with E-state index in [1.807, 2.05) is 23.1 Å². The van der Waals surface area contributed by atoms with Gasteiger partial charge in [0.1, 0.15) is 11.5 Å². The highest BCUT2D eigenvalue weighted by atomic mass is 127. The Labute approximate surface area is 618 Å². The molecule has 0 spiro atoms. The zero-order valence-electron chi connectivity index (χ0n) is 60.7. The minimum absolute atomic E-state index is 0. The van der Waals surface area contributed by atoms with E-state index in [4.69, 9.17) is 4.74 Å². The molecule has 0 aromatic heterocycles. The molecule has 6 aliphatic carbocycles. The summed E-state index contributed by atoms with van der Waals surface area (Å²) >= 11 is 0. The van der Waals surface area contributed by atoms with Crippen molar-refractivity contribution >= 4 is 51.7 Å². The van der Waals surface area contributed by atoms with Gasteiger partial charge in [-0.15, -0.1) is 24.0 Å². The molecule has 1 amide bonds. The SMILES string of the molecule is CN1CCCN(C(=O)Oc2ccc3c(c2)C[C@@H](CCCCCCCCCS(=O)CCCC(F)(F)C(F)(F)F)[C@@H]2[C@@H]3CC[C@]3(C)[C@@H](O)CC[C@@H]23)CC1.CN1CCCNCC1.C[C@]12CC[C@@H]3c4ccc(O)cc4C[C@@H](CCCCCCCCCS(=O)CCCC(F)(F)C(F)(F)F)[C@H]3[C@@H]1CC[C@@H]2O.I. The van der Waals surface area contributed by atoms with Crippen molar-refractivity contribution in [3.8, 4) is 11.5 Å². The molecular weight excluding hydrogens is 1470 g/mol. The summed E-state index contributed by atoms with van der Waals surface area (Å²) in [5.74, 6) is -3.78. The monoisotopic (exact) mass is 1590 g/mol. The van der Waals surface area contributed by atoms with Gasteiger partial charge in [0.15, 0.2) is 0 Å². The highest BCUT2D eigenvalue weighted by Gasteiger charge is 2.60. The lowest BCUT2D eigenvalue weighted by Crippen LogP contribution is -2.47. The Morgan fingerprint density at radius 1 is 0.535 bits per heavy atom. The van der Waals surface area contributed by atoms with E-state index < -0.39 is 71.5 Å². The molecule has 580 valence electrons. The standard InChI is InChI=1S/C39H59F5N2O4S.C32H47F5O3S.C6H14N2.HI/c1-37-19-17-32-31-14-13-30(50-36(48)46-21-11-20-45(2)22-23-46)27-29(31)26-28(35(32)33(37)15-16-34(37)47)12-8-6-4-3-5-7-9-24-51(49)25-10-18-38(40,41)39(42,43)44;1-30-17-15-26-25-12-11-24(38)21-23(25)20-22(29(26)27(30)13-14-28(30)39)10-7-5-3-2-4-6-8-18-41(40)19-9-16-31(33,34)32(35,36)37;1-8-5-2-3-7-4-6-8;/h13-14,27-28,32-35,47H,3-12,15-26H2,1-2H3;11-12,21-22,26-29,38-39H,2-10,13-20H2,1H3;7H,2-6H2,1H3;1H/t28-,32-,33+,34+,35-,37+,51?;22-,26-,27+,28+,29-,30+,41?;;/m11../s1. The molecule has 101 heavy (non-hydrogen) atoms. The van der Waals surface area contributed by atoms with Crippen LogP contribution in [0.1, 0.15) is 241 Å². The lowest BCUT2D eigenvalue weighted by molar-refractivity contribution is -0.284. The summed E-state index contributed by atoms with van der Waals surface area (Å²) in [6.45, 7) is 12.6. The maximum atomic E-state index is 13.1. The van der Waals surface area contributed by atoms with Crippen LogP contribution in [0.15, 0.2) is 36.4 Å². The third-order valence-electron chi connectivity index (χ3n) is 24.9. The lowest BCUT2D eigenvalue weighted by atomic mass is 9.52. The van der Waals surface area contributed by atoms with Gasteiger partial charge in [0.25, 0.3) is 0 Å². The number of alkyl halides is 10. The first-order valence-electron chi connectivity index (χ1n) is 38.4. The molecule has 0 bridgehead atoms. The van der Waals surface area contributed by atoms with Gasteiger partial charge >= 0.3 is 30.3 Å². The fourth-order valence-corrected chi connectivity index (χ4v) is 21.4. The van der Waals surface area contributed by atoms with Crippen LogP contribution in [0.2, 0.25) is 0 Å². The lowest BCUT2D eigenvalue weighted by Gasteiger charge is -2.53. The molecule has 2 heterocycles. The highest BCUT2D eigenvalue weighted by molar-refractivity contribution is 14.0. The molecule has 0 radical (unpaired) electrons. The van der Waals surface area contributed by atoms with Gasteiger partial charge in [-0.3, -0.25) is 8.42 Å². The Bertz CT molecular complexity index is 2890. The van der Waals surface area contributed by atoms with E-state index in [2.05, 4.69) is 61.3 Å². The van der Waals surface area contributed by atoms with Crippen LogP contribution in [0.4, 0.5) is 48.7 Å². The molecule has 10 rings (SSSR count). The number of rotatable bonds is 29. The summed E-state index contributed by atoms with van der Waals surface area (Å²) in [6, 6.07) is 12.2. The Morgan fingerprint density at radius 3 is 1.47 bits per heavy atom. The first kappa shape index (κ1) is 85.9. The van der Waals surface area contributed by atoms with Crippen LogP contribution in [0.3, 0.4) is 0 Å². The van der Waals surface area contributed by atoms with Crippen molar-refractivity contribution < 1.29 is 77.2 Å². The van der Waals surface area contributed by atoms with Crippen molar-refractivity contribution in [1.82, 2.24) is 20.0 Å². The number of carbonyl (C=O) groups excluding carboxylic acids is 1. The number of likely N-dealkylation sites (N-methyl/N-ethyl adjacent to an activating group) is 2. The second-order valence-electron chi connectivity index (χ2n) is 31.8. The number of phenolic OH excluding ortho intramolecular Hbond substituents is 1. The van der Waals surface area contributed by atoms with Gasteiger partial charge in [0.05, 0.1) is 12.2 Å². The number of ether oxygens (including phenoxy) is 1. The summed E-state index contributed by atoms with van der Waals surface area (Å²) in [6.07, 6.45) is 13.5. The van der Waals surface area contributed by atoms with Gasteiger partial charge in [-0.1, -0.05) is 103 Å². The van der Waals surface area contributed by atoms with Crippen LogP contribution in [-0.2, 0) is 34.4 Å². The Balaban J connectivity index is 0.000000257. The maximum Gasteiger partial charge on any atom is 0.453 e. The zero-order chi connectivity index (χ0) is 72.5.